The number of likely N-dealkylation sites (tertiary alicyclic amines) is 1. The van der Waals surface area contributed by atoms with E-state index in [-0.39, 0.29) is 29.8 Å². The van der Waals surface area contributed by atoms with Gasteiger partial charge in [0.2, 0.25) is 11.9 Å². The number of fused-ring (bicyclic) bond motifs is 1. The SMILES string of the molecule is Cc1nc(NC2CN(C(=O)c3ccc(Cl)nc3)C2)nc2c1NC(=O)[C@H](C(C)C)N2C. The third-order valence-electron chi connectivity index (χ3n) is 5.45. The molecule has 10 heteroatoms. The molecular formula is C20H24ClN7O2. The summed E-state index contributed by atoms with van der Waals surface area (Å²) in [7, 11) is 1.88. The van der Waals surface area contributed by atoms with E-state index in [1.807, 2.05) is 32.7 Å². The maximum atomic E-state index is 12.5. The third kappa shape index (κ3) is 3.65. The molecule has 2 N–H and O–H groups in total. The highest BCUT2D eigenvalue weighted by Gasteiger charge is 2.36. The summed E-state index contributed by atoms with van der Waals surface area (Å²) in [6.45, 7) is 6.95. The molecule has 0 spiro atoms. The van der Waals surface area contributed by atoms with Crippen molar-refractivity contribution in [2.75, 3.05) is 35.7 Å². The highest BCUT2D eigenvalue weighted by atomic mass is 35.5. The molecular weight excluding hydrogens is 406 g/mol. The zero-order valence-electron chi connectivity index (χ0n) is 17.3. The molecule has 0 aromatic carbocycles. The molecule has 0 aliphatic carbocycles. The van der Waals surface area contributed by atoms with Gasteiger partial charge in [-0.2, -0.15) is 4.98 Å². The number of hydrogen-bond acceptors (Lipinski definition) is 7. The lowest BCUT2D eigenvalue weighted by molar-refractivity contribution is -0.118. The van der Waals surface area contributed by atoms with Crippen molar-refractivity contribution in [1.29, 1.82) is 0 Å². The molecule has 2 aliphatic heterocycles. The van der Waals surface area contributed by atoms with Gasteiger partial charge < -0.3 is 20.4 Å². The summed E-state index contributed by atoms with van der Waals surface area (Å²) in [4.78, 5) is 41.7. The number of pyridine rings is 1. The van der Waals surface area contributed by atoms with Crippen molar-refractivity contribution in [2.24, 2.45) is 5.92 Å². The summed E-state index contributed by atoms with van der Waals surface area (Å²) in [5, 5.41) is 6.60. The predicted octanol–water partition coefficient (Wildman–Crippen LogP) is 2.18. The standard InChI is InChI=1S/C20H24ClN7O2/c1-10(2)16-18(29)25-15-11(3)23-20(26-17(15)27(16)4)24-13-8-28(9-13)19(30)12-5-6-14(21)22-7-12/h5-7,10,13,16H,8-9H2,1-4H3,(H,25,29)(H,23,24,26)/t16-/m0/s1. The summed E-state index contributed by atoms with van der Waals surface area (Å²) in [5.41, 5.74) is 1.85. The summed E-state index contributed by atoms with van der Waals surface area (Å²) in [6.07, 6.45) is 1.48. The minimum Gasteiger partial charge on any atom is -0.348 e. The number of carbonyl (C=O) groups excluding carboxylic acids is 2. The van der Waals surface area contributed by atoms with Crippen molar-refractivity contribution >= 4 is 40.9 Å². The van der Waals surface area contributed by atoms with Gasteiger partial charge in [0, 0.05) is 26.3 Å². The maximum absolute atomic E-state index is 12.5. The van der Waals surface area contributed by atoms with Crippen molar-refractivity contribution < 1.29 is 9.59 Å². The van der Waals surface area contributed by atoms with E-state index in [2.05, 4.69) is 25.6 Å². The second-order valence-electron chi connectivity index (χ2n) is 8.04. The zero-order valence-corrected chi connectivity index (χ0v) is 18.1. The maximum Gasteiger partial charge on any atom is 0.255 e. The van der Waals surface area contributed by atoms with Gasteiger partial charge in [-0.1, -0.05) is 25.4 Å². The fourth-order valence-corrected chi connectivity index (χ4v) is 3.99. The highest BCUT2D eigenvalue weighted by Crippen LogP contribution is 2.34. The fourth-order valence-electron chi connectivity index (χ4n) is 3.88. The van der Waals surface area contributed by atoms with E-state index < -0.39 is 0 Å². The molecule has 158 valence electrons. The Bertz CT molecular complexity index is 989. The number of aryl methyl sites for hydroxylation is 1. The summed E-state index contributed by atoms with van der Waals surface area (Å²) in [6, 6.07) is 3.04. The average molecular weight is 430 g/mol. The topological polar surface area (TPSA) is 103 Å². The van der Waals surface area contributed by atoms with Crippen molar-refractivity contribution in [3.05, 3.63) is 34.7 Å². The number of hydrogen-bond donors (Lipinski definition) is 2. The lowest BCUT2D eigenvalue weighted by atomic mass is 9.99. The van der Waals surface area contributed by atoms with Crippen LogP contribution >= 0.6 is 11.6 Å². The Morgan fingerprint density at radius 1 is 1.30 bits per heavy atom. The molecule has 0 bridgehead atoms. The Morgan fingerprint density at radius 3 is 2.67 bits per heavy atom. The smallest absolute Gasteiger partial charge is 0.255 e. The fraction of sp³-hybridized carbons (Fsp3) is 0.450. The van der Waals surface area contributed by atoms with Crippen molar-refractivity contribution in [1.82, 2.24) is 19.9 Å². The molecule has 2 aromatic rings. The molecule has 2 aromatic heterocycles. The van der Waals surface area contributed by atoms with Gasteiger partial charge in [0.25, 0.3) is 5.91 Å². The van der Waals surface area contributed by atoms with Gasteiger partial charge in [0.05, 0.1) is 17.3 Å². The summed E-state index contributed by atoms with van der Waals surface area (Å²) < 4.78 is 0. The summed E-state index contributed by atoms with van der Waals surface area (Å²) >= 11 is 5.78. The van der Waals surface area contributed by atoms with Gasteiger partial charge >= 0.3 is 0 Å². The minimum absolute atomic E-state index is 0.0442. The van der Waals surface area contributed by atoms with E-state index in [1.54, 1.807) is 17.0 Å². The normalized spacial score (nSPS) is 18.7. The first kappa shape index (κ1) is 20.3. The lowest BCUT2D eigenvalue weighted by Gasteiger charge is -2.40. The average Bonchev–Trinajstić information content (AvgIpc) is 2.65. The monoisotopic (exact) mass is 429 g/mol. The van der Waals surface area contributed by atoms with Crippen LogP contribution in [0, 0.1) is 12.8 Å². The van der Waals surface area contributed by atoms with Gasteiger partial charge in [-0.25, -0.2) is 9.97 Å². The molecule has 0 unspecified atom stereocenters. The van der Waals surface area contributed by atoms with Crippen LogP contribution in [0.15, 0.2) is 18.3 Å². The number of anilines is 3. The molecule has 0 radical (unpaired) electrons. The van der Waals surface area contributed by atoms with Crippen LogP contribution in [0.3, 0.4) is 0 Å². The molecule has 30 heavy (non-hydrogen) atoms. The quantitative estimate of drug-likeness (QED) is 0.718. The molecule has 2 aliphatic rings. The lowest BCUT2D eigenvalue weighted by Crippen LogP contribution is -2.57. The first-order valence-electron chi connectivity index (χ1n) is 9.84. The van der Waals surface area contributed by atoms with Crippen molar-refractivity contribution in [3.8, 4) is 0 Å². The van der Waals surface area contributed by atoms with Crippen LogP contribution in [0.4, 0.5) is 17.5 Å². The van der Waals surface area contributed by atoms with E-state index in [0.717, 1.165) is 0 Å². The van der Waals surface area contributed by atoms with Gasteiger partial charge in [0.1, 0.15) is 16.9 Å². The van der Waals surface area contributed by atoms with Crippen LogP contribution in [-0.4, -0.2) is 63.9 Å². The number of amides is 2. The molecule has 4 heterocycles. The Labute approximate surface area is 179 Å². The molecule has 1 fully saturated rings. The Balaban J connectivity index is 1.44. The summed E-state index contributed by atoms with van der Waals surface area (Å²) in [5.74, 6) is 1.20. The van der Waals surface area contributed by atoms with E-state index in [4.69, 9.17) is 11.6 Å². The van der Waals surface area contributed by atoms with Gasteiger partial charge in [-0.05, 0) is 25.0 Å². The Kier molecular flexibility index (Phi) is 5.23. The van der Waals surface area contributed by atoms with Gasteiger partial charge in [-0.15, -0.1) is 0 Å². The minimum atomic E-state index is -0.288. The van der Waals surface area contributed by atoms with Gasteiger partial charge in [0.15, 0.2) is 5.82 Å². The first-order chi connectivity index (χ1) is 14.2. The number of likely N-dealkylation sites (N-methyl/N-ethyl adjacent to an activating group) is 1. The van der Waals surface area contributed by atoms with Crippen LogP contribution in [0.2, 0.25) is 5.15 Å². The Hall–Kier alpha value is -2.94. The van der Waals surface area contributed by atoms with Crippen LogP contribution in [0.1, 0.15) is 29.9 Å². The van der Waals surface area contributed by atoms with Crippen LogP contribution in [-0.2, 0) is 4.79 Å². The highest BCUT2D eigenvalue weighted by molar-refractivity contribution is 6.29. The van der Waals surface area contributed by atoms with Crippen LogP contribution in [0.5, 0.6) is 0 Å². The Morgan fingerprint density at radius 2 is 2.03 bits per heavy atom. The van der Waals surface area contributed by atoms with Crippen LogP contribution < -0.4 is 15.5 Å². The first-order valence-corrected chi connectivity index (χ1v) is 10.2. The number of nitrogens with one attached hydrogen (secondary N) is 2. The number of rotatable bonds is 4. The zero-order chi connectivity index (χ0) is 21.6. The number of aromatic nitrogens is 3. The van der Waals surface area contributed by atoms with Crippen LogP contribution in [0.25, 0.3) is 0 Å². The molecule has 2 amide bonds. The van der Waals surface area contributed by atoms with Crippen molar-refractivity contribution in [3.63, 3.8) is 0 Å². The predicted molar refractivity (Wildman–Crippen MR) is 115 cm³/mol. The van der Waals surface area contributed by atoms with E-state index in [9.17, 15) is 9.59 Å². The van der Waals surface area contributed by atoms with E-state index in [0.29, 0.717) is 47.0 Å². The van der Waals surface area contributed by atoms with E-state index in [1.165, 1.54) is 6.20 Å². The van der Waals surface area contributed by atoms with Gasteiger partial charge in [-0.3, -0.25) is 9.59 Å². The third-order valence-corrected chi connectivity index (χ3v) is 5.67. The second kappa shape index (κ2) is 7.71. The van der Waals surface area contributed by atoms with Crippen molar-refractivity contribution in [2.45, 2.75) is 32.9 Å². The molecule has 1 saturated heterocycles. The number of carbonyl (C=O) groups is 2. The number of halogens is 1. The second-order valence-corrected chi connectivity index (χ2v) is 8.43. The van der Waals surface area contributed by atoms with E-state index >= 15 is 0 Å². The number of nitrogens with zero attached hydrogens (tertiary/aromatic N) is 5. The molecule has 4 rings (SSSR count). The molecule has 1 atom stereocenters. The largest absolute Gasteiger partial charge is 0.348 e. The molecule has 9 nitrogen and oxygen atoms in total. The molecule has 0 saturated carbocycles.